The van der Waals surface area contributed by atoms with Crippen molar-refractivity contribution in [3.63, 3.8) is 0 Å². The van der Waals surface area contributed by atoms with Gasteiger partial charge in [0, 0.05) is 11.4 Å². The lowest BCUT2D eigenvalue weighted by molar-refractivity contribution is -0.116. The average molecular weight is 428 g/mol. The van der Waals surface area contributed by atoms with E-state index < -0.39 is 11.2 Å². The lowest BCUT2D eigenvalue weighted by Crippen LogP contribution is -2.41. The first-order valence-corrected chi connectivity index (χ1v) is 10.2. The number of amides is 1. The van der Waals surface area contributed by atoms with Gasteiger partial charge in [0.2, 0.25) is 5.91 Å². The van der Waals surface area contributed by atoms with Crippen LogP contribution in [0.15, 0.2) is 69.1 Å². The Labute approximate surface area is 176 Å². The Kier molecular flexibility index (Phi) is 6.73. The standard InChI is InChI=1S/C21H21FN4O3S/c1-2-25(17(27)13-30-16-10-8-15(22)9-11-16)18-19(23)26(21(29)24-20(18)28)12-14-6-4-3-5-7-14/h3-11H,2,12-13,23H2,1H3,(H,24,28,29). The molecule has 1 amide bonds. The Balaban J connectivity index is 1.88. The summed E-state index contributed by atoms with van der Waals surface area (Å²) in [5.41, 5.74) is 5.58. The molecule has 0 aliphatic carbocycles. The third kappa shape index (κ3) is 4.80. The van der Waals surface area contributed by atoms with Gasteiger partial charge in [-0.05, 0) is 36.8 Å². The Morgan fingerprint density at radius 1 is 1.13 bits per heavy atom. The highest BCUT2D eigenvalue weighted by Gasteiger charge is 2.23. The monoisotopic (exact) mass is 428 g/mol. The summed E-state index contributed by atoms with van der Waals surface area (Å²) in [5, 5.41) is 0. The van der Waals surface area contributed by atoms with Crippen molar-refractivity contribution < 1.29 is 9.18 Å². The number of aromatic amines is 1. The molecule has 0 radical (unpaired) electrons. The molecule has 0 atom stereocenters. The number of H-pyrrole nitrogens is 1. The van der Waals surface area contributed by atoms with Gasteiger partial charge in [-0.1, -0.05) is 30.3 Å². The second-order valence-electron chi connectivity index (χ2n) is 6.45. The summed E-state index contributed by atoms with van der Waals surface area (Å²) in [5.74, 6) is -0.764. The van der Waals surface area contributed by atoms with Gasteiger partial charge < -0.3 is 10.6 Å². The molecule has 9 heteroatoms. The molecule has 0 spiro atoms. The molecule has 3 aromatic rings. The summed E-state index contributed by atoms with van der Waals surface area (Å²) in [6, 6.07) is 15.0. The van der Waals surface area contributed by atoms with E-state index in [1.807, 2.05) is 30.3 Å². The van der Waals surface area contributed by atoms with E-state index in [-0.39, 0.29) is 42.1 Å². The van der Waals surface area contributed by atoms with Crippen LogP contribution in [-0.2, 0) is 11.3 Å². The number of nitrogens with two attached hydrogens (primary N) is 1. The van der Waals surface area contributed by atoms with Crippen LogP contribution in [0.3, 0.4) is 0 Å². The third-order valence-electron chi connectivity index (χ3n) is 4.46. The van der Waals surface area contributed by atoms with E-state index in [0.29, 0.717) is 0 Å². The van der Waals surface area contributed by atoms with Gasteiger partial charge in [-0.2, -0.15) is 0 Å². The van der Waals surface area contributed by atoms with E-state index >= 15 is 0 Å². The number of nitrogens with zero attached hydrogens (tertiary/aromatic N) is 2. The van der Waals surface area contributed by atoms with E-state index in [1.165, 1.54) is 33.4 Å². The number of benzene rings is 2. The number of nitrogens with one attached hydrogen (secondary N) is 1. The van der Waals surface area contributed by atoms with Crippen molar-refractivity contribution in [3.8, 4) is 0 Å². The van der Waals surface area contributed by atoms with Gasteiger partial charge >= 0.3 is 5.69 Å². The summed E-state index contributed by atoms with van der Waals surface area (Å²) in [4.78, 5) is 41.8. The molecule has 0 unspecified atom stereocenters. The van der Waals surface area contributed by atoms with E-state index in [4.69, 9.17) is 5.73 Å². The Bertz CT molecular complexity index is 1140. The summed E-state index contributed by atoms with van der Waals surface area (Å²) in [6.07, 6.45) is 0. The molecule has 0 aliphatic rings. The highest BCUT2D eigenvalue weighted by atomic mass is 32.2. The number of aromatic nitrogens is 2. The summed E-state index contributed by atoms with van der Waals surface area (Å²) >= 11 is 1.22. The summed E-state index contributed by atoms with van der Waals surface area (Å²) < 4.78 is 14.3. The summed E-state index contributed by atoms with van der Waals surface area (Å²) in [7, 11) is 0. The van der Waals surface area contributed by atoms with Crippen molar-refractivity contribution in [2.45, 2.75) is 18.4 Å². The Morgan fingerprint density at radius 3 is 2.43 bits per heavy atom. The van der Waals surface area contributed by atoms with Crippen molar-refractivity contribution >= 4 is 29.2 Å². The third-order valence-corrected chi connectivity index (χ3v) is 5.46. The lowest BCUT2D eigenvalue weighted by atomic mass is 10.2. The molecule has 0 bridgehead atoms. The molecule has 0 saturated heterocycles. The highest BCUT2D eigenvalue weighted by Crippen LogP contribution is 2.22. The first-order chi connectivity index (χ1) is 14.4. The number of hydrogen-bond acceptors (Lipinski definition) is 5. The van der Waals surface area contributed by atoms with Gasteiger partial charge in [0.1, 0.15) is 11.6 Å². The molecule has 0 aliphatic heterocycles. The second-order valence-corrected chi connectivity index (χ2v) is 7.49. The van der Waals surface area contributed by atoms with Gasteiger partial charge in [0.25, 0.3) is 5.56 Å². The number of carbonyl (C=O) groups excluding carboxylic acids is 1. The predicted molar refractivity (Wildman–Crippen MR) is 116 cm³/mol. The Hall–Kier alpha value is -3.33. The number of anilines is 2. The first-order valence-electron chi connectivity index (χ1n) is 9.26. The minimum absolute atomic E-state index is 0.0240. The van der Waals surface area contributed by atoms with Crippen LogP contribution < -0.4 is 21.9 Å². The molecule has 0 saturated carbocycles. The minimum atomic E-state index is -0.719. The van der Waals surface area contributed by atoms with Gasteiger partial charge in [0.05, 0.1) is 12.3 Å². The van der Waals surface area contributed by atoms with Crippen molar-refractivity contribution in [2.24, 2.45) is 0 Å². The normalized spacial score (nSPS) is 10.7. The molecule has 1 aromatic heterocycles. The van der Waals surface area contributed by atoms with E-state index in [1.54, 1.807) is 19.1 Å². The maximum absolute atomic E-state index is 13.0. The van der Waals surface area contributed by atoms with E-state index in [0.717, 1.165) is 10.5 Å². The molecule has 3 N–H and O–H groups in total. The largest absolute Gasteiger partial charge is 0.383 e. The molecule has 1 heterocycles. The maximum Gasteiger partial charge on any atom is 0.330 e. The number of carbonyl (C=O) groups is 1. The predicted octanol–water partition coefficient (Wildman–Crippen LogP) is 2.45. The molecule has 156 valence electrons. The van der Waals surface area contributed by atoms with Gasteiger partial charge in [0.15, 0.2) is 5.69 Å². The molecule has 7 nitrogen and oxygen atoms in total. The van der Waals surface area contributed by atoms with Crippen LogP contribution >= 0.6 is 11.8 Å². The number of rotatable bonds is 7. The topological polar surface area (TPSA) is 101 Å². The number of halogens is 1. The smallest absolute Gasteiger partial charge is 0.330 e. The van der Waals surface area contributed by atoms with Crippen molar-refractivity contribution in [2.75, 3.05) is 22.9 Å². The average Bonchev–Trinajstić information content (AvgIpc) is 2.74. The number of nitrogen functional groups attached to an aromatic ring is 1. The fourth-order valence-electron chi connectivity index (χ4n) is 2.97. The van der Waals surface area contributed by atoms with Gasteiger partial charge in [-0.25, -0.2) is 9.18 Å². The molecular formula is C21H21FN4O3S. The summed E-state index contributed by atoms with van der Waals surface area (Å²) in [6.45, 7) is 2.07. The van der Waals surface area contributed by atoms with Crippen LogP contribution in [0.4, 0.5) is 15.9 Å². The van der Waals surface area contributed by atoms with Crippen LogP contribution in [0.5, 0.6) is 0 Å². The first kappa shape index (κ1) is 21.4. The van der Waals surface area contributed by atoms with Gasteiger partial charge in [-0.3, -0.25) is 19.1 Å². The zero-order valence-corrected chi connectivity index (χ0v) is 17.1. The molecule has 30 heavy (non-hydrogen) atoms. The molecule has 3 rings (SSSR count). The van der Waals surface area contributed by atoms with Crippen molar-refractivity contribution in [3.05, 3.63) is 86.8 Å². The molecular weight excluding hydrogens is 407 g/mol. The fourth-order valence-corrected chi connectivity index (χ4v) is 3.75. The lowest BCUT2D eigenvalue weighted by Gasteiger charge is -2.23. The highest BCUT2D eigenvalue weighted by molar-refractivity contribution is 8.00. The van der Waals surface area contributed by atoms with Gasteiger partial charge in [-0.15, -0.1) is 11.8 Å². The fraction of sp³-hybridized carbons (Fsp3) is 0.190. The number of thioether (sulfide) groups is 1. The molecule has 2 aromatic carbocycles. The second kappa shape index (κ2) is 9.45. The van der Waals surface area contributed by atoms with Crippen LogP contribution in [0.25, 0.3) is 0 Å². The SMILES string of the molecule is CCN(C(=O)CSc1ccc(F)cc1)c1c(N)n(Cc2ccccc2)c(=O)[nH]c1=O. The zero-order valence-electron chi connectivity index (χ0n) is 16.3. The van der Waals surface area contributed by atoms with Crippen LogP contribution in [0, 0.1) is 5.82 Å². The maximum atomic E-state index is 13.0. The zero-order chi connectivity index (χ0) is 21.7. The minimum Gasteiger partial charge on any atom is -0.383 e. The van der Waals surface area contributed by atoms with E-state index in [9.17, 15) is 18.8 Å². The van der Waals surface area contributed by atoms with Crippen LogP contribution in [0.2, 0.25) is 0 Å². The molecule has 0 fully saturated rings. The Morgan fingerprint density at radius 2 is 1.80 bits per heavy atom. The number of hydrogen-bond donors (Lipinski definition) is 2. The van der Waals surface area contributed by atoms with Crippen molar-refractivity contribution in [1.82, 2.24) is 9.55 Å². The van der Waals surface area contributed by atoms with E-state index in [2.05, 4.69) is 4.98 Å². The van der Waals surface area contributed by atoms with Crippen LogP contribution in [-0.4, -0.2) is 27.8 Å². The van der Waals surface area contributed by atoms with Crippen molar-refractivity contribution in [1.29, 1.82) is 0 Å². The quantitative estimate of drug-likeness (QED) is 0.563. The van der Waals surface area contributed by atoms with Crippen LogP contribution in [0.1, 0.15) is 12.5 Å².